The Morgan fingerprint density at radius 1 is 1.59 bits per heavy atom. The molecule has 2 aromatic rings. The zero-order valence-electron chi connectivity index (χ0n) is 9.28. The van der Waals surface area contributed by atoms with Crippen LogP contribution in [0.3, 0.4) is 0 Å². The number of hydrogen-bond acceptors (Lipinski definition) is 4. The molecular formula is C12H11N3O2. The first-order valence-electron chi connectivity index (χ1n) is 5.01. The van der Waals surface area contributed by atoms with Gasteiger partial charge in [-0.3, -0.25) is 5.10 Å². The quantitative estimate of drug-likeness (QED) is 0.556. The van der Waals surface area contributed by atoms with E-state index < -0.39 is 0 Å². The van der Waals surface area contributed by atoms with E-state index in [1.165, 1.54) is 7.11 Å². The van der Waals surface area contributed by atoms with Gasteiger partial charge in [0.2, 0.25) is 0 Å². The summed E-state index contributed by atoms with van der Waals surface area (Å²) in [7, 11) is 1.34. The lowest BCUT2D eigenvalue weighted by molar-refractivity contribution is 0.0601. The van der Waals surface area contributed by atoms with Gasteiger partial charge in [0, 0.05) is 5.39 Å². The number of rotatable bonds is 1. The van der Waals surface area contributed by atoms with Gasteiger partial charge in [0.05, 0.1) is 24.7 Å². The molecule has 0 radical (unpaired) electrons. The van der Waals surface area contributed by atoms with Crippen molar-refractivity contribution in [2.45, 2.75) is 0 Å². The molecule has 0 unspecified atom stereocenters. The number of nitrogens with zero attached hydrogens (tertiary/aromatic N) is 1. The minimum atomic E-state index is -0.385. The first kappa shape index (κ1) is 11.2. The van der Waals surface area contributed by atoms with Crippen LogP contribution in [0.5, 0.6) is 0 Å². The van der Waals surface area contributed by atoms with Crippen LogP contribution in [0.15, 0.2) is 18.2 Å². The molecule has 1 aromatic carbocycles. The van der Waals surface area contributed by atoms with Gasteiger partial charge in [-0.15, -0.1) is 0 Å². The first-order chi connectivity index (χ1) is 8.26. The van der Waals surface area contributed by atoms with Crippen LogP contribution in [0.2, 0.25) is 0 Å². The Bertz CT molecular complexity index is 619. The average molecular weight is 229 g/mol. The van der Waals surface area contributed by atoms with Gasteiger partial charge in [-0.2, -0.15) is 5.10 Å². The molecule has 1 heterocycles. The monoisotopic (exact) mass is 229 g/mol. The predicted molar refractivity (Wildman–Crippen MR) is 63.4 cm³/mol. The smallest absolute Gasteiger partial charge is 0.337 e. The van der Waals surface area contributed by atoms with Crippen molar-refractivity contribution in [2.24, 2.45) is 5.73 Å². The van der Waals surface area contributed by atoms with Gasteiger partial charge >= 0.3 is 5.97 Å². The maximum absolute atomic E-state index is 11.3. The standard InChI is InChI=1S/C12H11N3O2/c1-17-12(16)8-4-5-9-10(3-2-6-13)14-15-11(9)7-8/h4-5,7H,6,13H2,1H3,(H,14,15). The number of aromatic amines is 1. The topological polar surface area (TPSA) is 81.0 Å². The van der Waals surface area contributed by atoms with Crippen molar-refractivity contribution in [3.8, 4) is 11.8 Å². The zero-order valence-corrected chi connectivity index (χ0v) is 9.28. The summed E-state index contributed by atoms with van der Waals surface area (Å²) >= 11 is 0. The van der Waals surface area contributed by atoms with Crippen LogP contribution in [0.4, 0.5) is 0 Å². The summed E-state index contributed by atoms with van der Waals surface area (Å²) in [6, 6.07) is 5.12. The van der Waals surface area contributed by atoms with Crippen molar-refractivity contribution in [3.05, 3.63) is 29.5 Å². The summed E-state index contributed by atoms with van der Waals surface area (Å²) in [6.07, 6.45) is 0. The lowest BCUT2D eigenvalue weighted by Gasteiger charge is -1.97. The Balaban J connectivity index is 2.48. The van der Waals surface area contributed by atoms with Crippen LogP contribution < -0.4 is 5.73 Å². The minimum absolute atomic E-state index is 0.292. The lowest BCUT2D eigenvalue weighted by atomic mass is 10.1. The number of hydrogen-bond donors (Lipinski definition) is 2. The summed E-state index contributed by atoms with van der Waals surface area (Å²) < 4.78 is 4.64. The number of esters is 1. The molecule has 17 heavy (non-hydrogen) atoms. The van der Waals surface area contributed by atoms with Crippen molar-refractivity contribution in [1.82, 2.24) is 10.2 Å². The van der Waals surface area contributed by atoms with Crippen LogP contribution in [0.25, 0.3) is 10.9 Å². The summed E-state index contributed by atoms with van der Waals surface area (Å²) in [6.45, 7) is 0.292. The average Bonchev–Trinajstić information content (AvgIpc) is 2.77. The predicted octanol–water partition coefficient (Wildman–Crippen LogP) is 0.660. The van der Waals surface area contributed by atoms with Crippen LogP contribution in [0, 0.1) is 11.8 Å². The van der Waals surface area contributed by atoms with E-state index >= 15 is 0 Å². The molecule has 0 atom stereocenters. The summed E-state index contributed by atoms with van der Waals surface area (Å²) in [4.78, 5) is 11.3. The molecule has 2 rings (SSSR count). The number of nitrogens with one attached hydrogen (secondary N) is 1. The zero-order chi connectivity index (χ0) is 12.3. The third-order valence-electron chi connectivity index (χ3n) is 2.29. The van der Waals surface area contributed by atoms with E-state index in [0.29, 0.717) is 23.3 Å². The van der Waals surface area contributed by atoms with E-state index in [4.69, 9.17) is 5.73 Å². The van der Waals surface area contributed by atoms with Crippen LogP contribution >= 0.6 is 0 Å². The van der Waals surface area contributed by atoms with Gasteiger partial charge in [0.25, 0.3) is 0 Å². The Hall–Kier alpha value is -2.32. The normalized spacial score (nSPS) is 9.76. The highest BCUT2D eigenvalue weighted by Gasteiger charge is 2.09. The van der Waals surface area contributed by atoms with Crippen molar-refractivity contribution < 1.29 is 9.53 Å². The van der Waals surface area contributed by atoms with Gasteiger partial charge < -0.3 is 10.5 Å². The van der Waals surface area contributed by atoms with Crippen molar-refractivity contribution in [2.75, 3.05) is 13.7 Å². The maximum Gasteiger partial charge on any atom is 0.337 e. The molecule has 0 amide bonds. The summed E-state index contributed by atoms with van der Waals surface area (Å²) in [5, 5.41) is 7.73. The van der Waals surface area contributed by atoms with Crippen molar-refractivity contribution in [1.29, 1.82) is 0 Å². The molecule has 0 saturated heterocycles. The van der Waals surface area contributed by atoms with Gasteiger partial charge in [0.1, 0.15) is 5.69 Å². The van der Waals surface area contributed by atoms with E-state index in [2.05, 4.69) is 26.8 Å². The molecule has 5 heteroatoms. The second-order valence-electron chi connectivity index (χ2n) is 3.33. The molecule has 86 valence electrons. The van der Waals surface area contributed by atoms with Crippen LogP contribution in [-0.4, -0.2) is 29.8 Å². The fraction of sp³-hybridized carbons (Fsp3) is 0.167. The number of nitrogens with two attached hydrogens (primary N) is 1. The minimum Gasteiger partial charge on any atom is -0.465 e. The van der Waals surface area contributed by atoms with Gasteiger partial charge in [-0.25, -0.2) is 4.79 Å². The van der Waals surface area contributed by atoms with Crippen molar-refractivity contribution in [3.63, 3.8) is 0 Å². The van der Waals surface area contributed by atoms with Gasteiger partial charge in [0.15, 0.2) is 0 Å². The van der Waals surface area contributed by atoms with E-state index in [-0.39, 0.29) is 5.97 Å². The summed E-state index contributed by atoms with van der Waals surface area (Å²) in [5.74, 6) is 5.24. The molecule has 0 aliphatic carbocycles. The molecular weight excluding hydrogens is 218 g/mol. The highest BCUT2D eigenvalue weighted by atomic mass is 16.5. The second-order valence-corrected chi connectivity index (χ2v) is 3.33. The first-order valence-corrected chi connectivity index (χ1v) is 5.01. The largest absolute Gasteiger partial charge is 0.465 e. The maximum atomic E-state index is 11.3. The van der Waals surface area contributed by atoms with Crippen molar-refractivity contribution >= 4 is 16.9 Å². The number of carbonyl (C=O) groups excluding carboxylic acids is 1. The number of H-pyrrole nitrogens is 1. The molecule has 0 spiro atoms. The Labute approximate surface area is 97.9 Å². The summed E-state index contributed by atoms with van der Waals surface area (Å²) in [5.41, 5.74) is 7.14. The fourth-order valence-corrected chi connectivity index (χ4v) is 1.49. The highest BCUT2D eigenvalue weighted by molar-refractivity contribution is 5.95. The molecule has 0 saturated carbocycles. The number of fused-ring (bicyclic) bond motifs is 1. The molecule has 3 N–H and O–H groups in total. The van der Waals surface area contributed by atoms with Gasteiger partial charge in [-0.05, 0) is 24.1 Å². The second kappa shape index (κ2) is 4.68. The van der Waals surface area contributed by atoms with Gasteiger partial charge in [-0.1, -0.05) is 5.92 Å². The molecule has 0 bridgehead atoms. The molecule has 0 aliphatic rings. The molecule has 0 fully saturated rings. The number of carbonyl (C=O) groups is 1. The van der Waals surface area contributed by atoms with E-state index in [1.54, 1.807) is 18.2 Å². The Kier molecular flexibility index (Phi) is 3.08. The molecule has 1 aromatic heterocycles. The lowest BCUT2D eigenvalue weighted by Crippen LogP contribution is -2.00. The van der Waals surface area contributed by atoms with E-state index in [9.17, 15) is 4.79 Å². The number of ether oxygens (including phenoxy) is 1. The Morgan fingerprint density at radius 3 is 3.12 bits per heavy atom. The van der Waals surface area contributed by atoms with Crippen LogP contribution in [0.1, 0.15) is 16.1 Å². The highest BCUT2D eigenvalue weighted by Crippen LogP contribution is 2.17. The van der Waals surface area contributed by atoms with E-state index in [0.717, 1.165) is 5.39 Å². The third-order valence-corrected chi connectivity index (χ3v) is 2.29. The molecule has 0 aliphatic heterocycles. The number of aromatic nitrogens is 2. The number of benzene rings is 1. The van der Waals surface area contributed by atoms with E-state index in [1.807, 2.05) is 0 Å². The SMILES string of the molecule is COC(=O)c1ccc2c(C#CCN)[nH]nc2c1. The fourth-order valence-electron chi connectivity index (χ4n) is 1.49. The third kappa shape index (κ3) is 2.12. The Morgan fingerprint density at radius 2 is 2.41 bits per heavy atom. The number of methoxy groups -OCH3 is 1. The van der Waals surface area contributed by atoms with Crippen LogP contribution in [-0.2, 0) is 4.74 Å². The molecule has 5 nitrogen and oxygen atoms in total.